The Labute approximate surface area is 93.2 Å². The van der Waals surface area contributed by atoms with Gasteiger partial charge in [-0.15, -0.1) is 5.54 Å². The van der Waals surface area contributed by atoms with Gasteiger partial charge in [0.1, 0.15) is 14.2 Å². The van der Waals surface area contributed by atoms with E-state index in [0.717, 1.165) is 5.56 Å². The average Bonchev–Trinajstić information content (AvgIpc) is 2.15. The molecule has 80 valence electrons. The van der Waals surface area contributed by atoms with E-state index in [2.05, 4.69) is 31.1 Å². The van der Waals surface area contributed by atoms with Crippen LogP contribution in [0.2, 0.25) is 19.6 Å². The summed E-state index contributed by atoms with van der Waals surface area (Å²) < 4.78 is 0. The minimum absolute atomic E-state index is 0.529. The van der Waals surface area contributed by atoms with Gasteiger partial charge in [0.05, 0.1) is 0 Å². The molecule has 0 amide bonds. The Kier molecular flexibility index (Phi) is 4.13. The molecule has 15 heavy (non-hydrogen) atoms. The van der Waals surface area contributed by atoms with Gasteiger partial charge in [0.15, 0.2) is 0 Å². The predicted molar refractivity (Wildman–Crippen MR) is 67.3 cm³/mol. The number of hydrogen-bond donors (Lipinski definition) is 1. The van der Waals surface area contributed by atoms with Crippen LogP contribution in [-0.4, -0.2) is 19.3 Å². The quantitative estimate of drug-likeness (QED) is 0.597. The highest BCUT2D eigenvalue weighted by molar-refractivity contribution is 6.83. The molecule has 1 N–H and O–H groups in total. The topological polar surface area (TPSA) is 20.2 Å². The van der Waals surface area contributed by atoms with Gasteiger partial charge in [0.2, 0.25) is 0 Å². The first-order valence-corrected chi connectivity index (χ1v) is 8.72. The van der Waals surface area contributed by atoms with Crippen molar-refractivity contribution in [2.24, 2.45) is 0 Å². The van der Waals surface area contributed by atoms with Crippen molar-refractivity contribution >= 4 is 8.07 Å². The summed E-state index contributed by atoms with van der Waals surface area (Å²) >= 11 is 0. The third-order valence-corrected chi connectivity index (χ3v) is 2.78. The van der Waals surface area contributed by atoms with Gasteiger partial charge in [-0.25, -0.2) is 0 Å². The molecule has 1 aromatic carbocycles. The van der Waals surface area contributed by atoms with Gasteiger partial charge in [0.25, 0.3) is 0 Å². The number of rotatable bonds is 2. The van der Waals surface area contributed by atoms with Crippen LogP contribution >= 0.6 is 0 Å². The lowest BCUT2D eigenvalue weighted by Gasteiger charge is -2.06. The molecule has 0 bridgehead atoms. The lowest BCUT2D eigenvalue weighted by atomic mass is 10.1. The summed E-state index contributed by atoms with van der Waals surface area (Å²) in [6.45, 7) is 6.53. The van der Waals surface area contributed by atoms with E-state index < -0.39 is 14.2 Å². The van der Waals surface area contributed by atoms with E-state index in [1.54, 1.807) is 0 Å². The van der Waals surface area contributed by atoms with Crippen molar-refractivity contribution in [3.05, 3.63) is 35.9 Å². The second-order valence-corrected chi connectivity index (χ2v) is 9.47. The molecular formula is C13H18OSi. The Morgan fingerprint density at radius 1 is 1.20 bits per heavy atom. The first kappa shape index (κ1) is 12.0. The molecule has 0 aliphatic carbocycles. The van der Waals surface area contributed by atoms with Gasteiger partial charge < -0.3 is 5.11 Å². The SMILES string of the molecule is C[Si](C)(C)C#C[C@@H](O)Cc1ccccc1. The maximum absolute atomic E-state index is 9.71. The largest absolute Gasteiger partial charge is 0.380 e. The van der Waals surface area contributed by atoms with Gasteiger partial charge in [-0.2, -0.15) is 0 Å². The molecule has 1 aromatic rings. The number of aliphatic hydroxyl groups is 1. The molecule has 0 aliphatic heterocycles. The van der Waals surface area contributed by atoms with Crippen LogP contribution in [-0.2, 0) is 6.42 Å². The van der Waals surface area contributed by atoms with Gasteiger partial charge in [0, 0.05) is 6.42 Å². The van der Waals surface area contributed by atoms with Crippen molar-refractivity contribution in [2.75, 3.05) is 0 Å². The van der Waals surface area contributed by atoms with E-state index >= 15 is 0 Å². The molecule has 0 aliphatic rings. The fourth-order valence-electron chi connectivity index (χ4n) is 1.19. The van der Waals surface area contributed by atoms with E-state index in [-0.39, 0.29) is 0 Å². The summed E-state index contributed by atoms with van der Waals surface area (Å²) in [5.74, 6) is 2.94. The van der Waals surface area contributed by atoms with E-state index in [1.165, 1.54) is 0 Å². The van der Waals surface area contributed by atoms with Gasteiger partial charge in [-0.1, -0.05) is 55.9 Å². The van der Waals surface area contributed by atoms with Crippen molar-refractivity contribution in [2.45, 2.75) is 32.2 Å². The molecule has 0 saturated heterocycles. The molecule has 0 unspecified atom stereocenters. The molecule has 0 fully saturated rings. The molecule has 1 nitrogen and oxygen atoms in total. The maximum Gasteiger partial charge on any atom is 0.129 e. The Hall–Kier alpha value is -1.04. The van der Waals surface area contributed by atoms with E-state index in [0.29, 0.717) is 6.42 Å². The highest BCUT2D eigenvalue weighted by atomic mass is 28.3. The minimum Gasteiger partial charge on any atom is -0.380 e. The first-order chi connectivity index (χ1) is 6.97. The molecule has 1 atom stereocenters. The fourth-order valence-corrected chi connectivity index (χ4v) is 1.79. The van der Waals surface area contributed by atoms with Crippen molar-refractivity contribution in [3.8, 4) is 11.5 Å². The zero-order valence-electron chi connectivity index (χ0n) is 9.62. The number of hydrogen-bond acceptors (Lipinski definition) is 1. The normalized spacial score (nSPS) is 12.8. The minimum atomic E-state index is -1.36. The third kappa shape index (κ3) is 5.41. The zero-order chi connectivity index (χ0) is 11.3. The summed E-state index contributed by atoms with van der Waals surface area (Å²) in [4.78, 5) is 0. The van der Waals surface area contributed by atoms with E-state index in [9.17, 15) is 5.11 Å². The van der Waals surface area contributed by atoms with Crippen LogP contribution in [0.15, 0.2) is 30.3 Å². The van der Waals surface area contributed by atoms with Crippen LogP contribution in [0.4, 0.5) is 0 Å². The second kappa shape index (κ2) is 5.15. The maximum atomic E-state index is 9.71. The molecule has 0 radical (unpaired) electrons. The van der Waals surface area contributed by atoms with Gasteiger partial charge in [-0.05, 0) is 5.56 Å². The predicted octanol–water partition coefficient (Wildman–Crippen LogP) is 2.47. The molecule has 0 aromatic heterocycles. The second-order valence-electron chi connectivity index (χ2n) is 4.72. The molecule has 0 heterocycles. The summed E-state index contributed by atoms with van der Waals surface area (Å²) in [5.41, 5.74) is 4.31. The summed E-state index contributed by atoms with van der Waals surface area (Å²) in [7, 11) is -1.36. The van der Waals surface area contributed by atoms with Crippen molar-refractivity contribution in [1.82, 2.24) is 0 Å². The lowest BCUT2D eigenvalue weighted by Crippen LogP contribution is -2.18. The Balaban J connectivity index is 2.56. The van der Waals surface area contributed by atoms with Crippen molar-refractivity contribution in [3.63, 3.8) is 0 Å². The van der Waals surface area contributed by atoms with Crippen LogP contribution in [0, 0.1) is 11.5 Å². The van der Waals surface area contributed by atoms with E-state index in [1.807, 2.05) is 30.3 Å². The zero-order valence-corrected chi connectivity index (χ0v) is 10.6. The standard InChI is InChI=1S/C13H18OSi/c1-15(2,3)10-9-13(14)11-12-7-5-4-6-8-12/h4-8,13-14H,11H2,1-3H3/t13-/m1/s1. The Morgan fingerprint density at radius 3 is 2.33 bits per heavy atom. The van der Waals surface area contributed by atoms with Crippen molar-refractivity contribution in [1.29, 1.82) is 0 Å². The van der Waals surface area contributed by atoms with Gasteiger partial charge >= 0.3 is 0 Å². The van der Waals surface area contributed by atoms with Crippen LogP contribution < -0.4 is 0 Å². The van der Waals surface area contributed by atoms with Crippen LogP contribution in [0.1, 0.15) is 5.56 Å². The third-order valence-electron chi connectivity index (χ3n) is 1.89. The van der Waals surface area contributed by atoms with Crippen LogP contribution in [0.5, 0.6) is 0 Å². The molecule has 0 spiro atoms. The highest BCUT2D eigenvalue weighted by Gasteiger charge is 2.08. The Morgan fingerprint density at radius 2 is 1.80 bits per heavy atom. The Bertz CT molecular complexity index is 354. The van der Waals surface area contributed by atoms with E-state index in [4.69, 9.17) is 0 Å². The molecule has 0 saturated carbocycles. The lowest BCUT2D eigenvalue weighted by molar-refractivity contribution is 0.233. The van der Waals surface area contributed by atoms with Gasteiger partial charge in [-0.3, -0.25) is 0 Å². The average molecular weight is 218 g/mol. The monoisotopic (exact) mass is 218 g/mol. The summed E-state index contributed by atoms with van der Waals surface area (Å²) in [6, 6.07) is 9.96. The smallest absolute Gasteiger partial charge is 0.129 e. The van der Waals surface area contributed by atoms with Crippen LogP contribution in [0.25, 0.3) is 0 Å². The molecule has 1 rings (SSSR count). The molecular weight excluding hydrogens is 200 g/mol. The summed E-state index contributed by atoms with van der Waals surface area (Å²) in [6.07, 6.45) is 0.0947. The summed E-state index contributed by atoms with van der Waals surface area (Å²) in [5, 5.41) is 9.71. The molecule has 2 heteroatoms. The highest BCUT2D eigenvalue weighted by Crippen LogP contribution is 2.03. The first-order valence-electron chi connectivity index (χ1n) is 5.22. The van der Waals surface area contributed by atoms with Crippen LogP contribution in [0.3, 0.4) is 0 Å². The number of benzene rings is 1. The fraction of sp³-hybridized carbons (Fsp3) is 0.385. The number of aliphatic hydroxyl groups excluding tert-OH is 1. The van der Waals surface area contributed by atoms with Crippen molar-refractivity contribution < 1.29 is 5.11 Å².